The predicted octanol–water partition coefficient (Wildman–Crippen LogP) is 0.559. The van der Waals surface area contributed by atoms with E-state index in [0.29, 0.717) is 6.42 Å². The van der Waals surface area contributed by atoms with Crippen LogP contribution in [-0.4, -0.2) is 25.3 Å². The highest BCUT2D eigenvalue weighted by molar-refractivity contribution is 5.77. The van der Waals surface area contributed by atoms with Gasteiger partial charge in [0.1, 0.15) is 0 Å². The highest BCUT2D eigenvalue weighted by Gasteiger charge is 2.10. The lowest BCUT2D eigenvalue weighted by molar-refractivity contribution is -0.140. The Hall–Kier alpha value is -1.12. The van der Waals surface area contributed by atoms with Crippen LogP contribution in [0.1, 0.15) is 6.42 Å². The number of carbonyl (C=O) groups is 1. The molecule has 10 heavy (non-hydrogen) atoms. The van der Waals surface area contributed by atoms with Gasteiger partial charge in [-0.1, -0.05) is 6.08 Å². The minimum atomic E-state index is -0.214. The average Bonchev–Trinajstić information content (AvgIpc) is 2.40. The van der Waals surface area contributed by atoms with Gasteiger partial charge in [-0.3, -0.25) is 9.79 Å². The molecule has 54 valence electrons. The Morgan fingerprint density at radius 3 is 3.10 bits per heavy atom. The van der Waals surface area contributed by atoms with Crippen molar-refractivity contribution in [2.24, 2.45) is 4.99 Å². The number of allylic oxidation sites excluding steroid dienone is 1. The molecule has 0 fully saturated rings. The molecular formula is C7H9NO2. The number of ether oxygens (including phenoxy) is 1. The Morgan fingerprint density at radius 2 is 2.60 bits per heavy atom. The van der Waals surface area contributed by atoms with Crippen LogP contribution in [0.5, 0.6) is 0 Å². The van der Waals surface area contributed by atoms with Crippen LogP contribution in [0.3, 0.4) is 0 Å². The van der Waals surface area contributed by atoms with Crippen molar-refractivity contribution in [3.8, 4) is 0 Å². The van der Waals surface area contributed by atoms with Gasteiger partial charge in [-0.15, -0.1) is 0 Å². The van der Waals surface area contributed by atoms with Crippen LogP contribution in [0.15, 0.2) is 17.1 Å². The lowest BCUT2D eigenvalue weighted by atomic mass is 10.2. The maximum atomic E-state index is 10.6. The molecule has 0 spiro atoms. The Kier molecular flexibility index (Phi) is 2.20. The quantitative estimate of drug-likeness (QED) is 0.524. The number of aliphatic imine (C=N–C) groups is 1. The van der Waals surface area contributed by atoms with Crippen molar-refractivity contribution in [2.45, 2.75) is 12.5 Å². The molecule has 0 N–H and O–H groups in total. The zero-order valence-electron chi connectivity index (χ0n) is 5.78. The molecule has 0 aliphatic carbocycles. The van der Waals surface area contributed by atoms with E-state index in [2.05, 4.69) is 9.73 Å². The van der Waals surface area contributed by atoms with E-state index >= 15 is 0 Å². The highest BCUT2D eigenvalue weighted by Crippen LogP contribution is 2.04. The largest absolute Gasteiger partial charge is 0.469 e. The Labute approximate surface area is 59.4 Å². The Morgan fingerprint density at radius 1 is 1.80 bits per heavy atom. The molecular weight excluding hydrogens is 130 g/mol. The highest BCUT2D eigenvalue weighted by atomic mass is 16.5. The number of nitrogens with zero attached hydrogens (tertiary/aromatic N) is 1. The molecule has 1 atom stereocenters. The normalized spacial score (nSPS) is 21.5. The summed E-state index contributed by atoms with van der Waals surface area (Å²) in [7, 11) is 1.38. The van der Waals surface area contributed by atoms with Gasteiger partial charge in [0.05, 0.1) is 19.6 Å². The zero-order valence-corrected chi connectivity index (χ0v) is 5.78. The summed E-state index contributed by atoms with van der Waals surface area (Å²) in [6.45, 7) is 0. The summed E-state index contributed by atoms with van der Waals surface area (Å²) in [4.78, 5) is 14.6. The first-order chi connectivity index (χ1) is 4.83. The molecule has 0 saturated carbocycles. The average molecular weight is 139 g/mol. The second-order valence-electron chi connectivity index (χ2n) is 2.03. The van der Waals surface area contributed by atoms with Crippen LogP contribution in [-0.2, 0) is 9.53 Å². The molecule has 0 saturated heterocycles. The van der Waals surface area contributed by atoms with Crippen molar-refractivity contribution < 1.29 is 9.53 Å². The maximum Gasteiger partial charge on any atom is 0.308 e. The zero-order chi connectivity index (χ0) is 7.40. The van der Waals surface area contributed by atoms with E-state index in [4.69, 9.17) is 0 Å². The van der Waals surface area contributed by atoms with Gasteiger partial charge in [-0.2, -0.15) is 0 Å². The van der Waals surface area contributed by atoms with Crippen molar-refractivity contribution in [1.29, 1.82) is 0 Å². The lowest BCUT2D eigenvalue weighted by Gasteiger charge is -2.00. The number of rotatable bonds is 2. The first-order valence-electron chi connectivity index (χ1n) is 3.09. The monoisotopic (exact) mass is 139 g/mol. The van der Waals surface area contributed by atoms with Crippen molar-refractivity contribution in [3.63, 3.8) is 0 Å². The number of carbonyl (C=O) groups excluding carboxylic acids is 1. The van der Waals surface area contributed by atoms with E-state index in [9.17, 15) is 4.79 Å². The fourth-order valence-electron chi connectivity index (χ4n) is 0.763. The van der Waals surface area contributed by atoms with Crippen molar-refractivity contribution in [3.05, 3.63) is 12.2 Å². The number of hydrogen-bond acceptors (Lipinski definition) is 3. The molecule has 0 aromatic rings. The molecule has 0 radical (unpaired) electrons. The predicted molar refractivity (Wildman–Crippen MR) is 38.1 cm³/mol. The summed E-state index contributed by atoms with van der Waals surface area (Å²) in [6, 6.07) is 0.00690. The minimum absolute atomic E-state index is 0.00690. The van der Waals surface area contributed by atoms with E-state index in [1.807, 2.05) is 12.2 Å². The van der Waals surface area contributed by atoms with Crippen molar-refractivity contribution in [2.75, 3.05) is 7.11 Å². The summed E-state index contributed by atoms with van der Waals surface area (Å²) in [5.41, 5.74) is 0. The van der Waals surface area contributed by atoms with E-state index in [1.165, 1.54) is 7.11 Å². The van der Waals surface area contributed by atoms with E-state index in [1.54, 1.807) is 6.21 Å². The van der Waals surface area contributed by atoms with Gasteiger partial charge in [0.25, 0.3) is 0 Å². The summed E-state index contributed by atoms with van der Waals surface area (Å²) in [5, 5.41) is 0. The first-order valence-corrected chi connectivity index (χ1v) is 3.09. The fourth-order valence-corrected chi connectivity index (χ4v) is 0.763. The minimum Gasteiger partial charge on any atom is -0.469 e. The number of esters is 1. The van der Waals surface area contributed by atoms with Gasteiger partial charge in [0.2, 0.25) is 0 Å². The van der Waals surface area contributed by atoms with Crippen LogP contribution in [0.25, 0.3) is 0 Å². The van der Waals surface area contributed by atoms with E-state index < -0.39 is 0 Å². The van der Waals surface area contributed by atoms with Gasteiger partial charge in [-0.05, 0) is 6.08 Å². The molecule has 1 rings (SSSR count). The first kappa shape index (κ1) is 6.99. The summed E-state index contributed by atoms with van der Waals surface area (Å²) in [6.07, 6.45) is 5.74. The molecule has 1 aliphatic rings. The Bertz CT molecular complexity index is 172. The van der Waals surface area contributed by atoms with Gasteiger partial charge in [0, 0.05) is 6.21 Å². The SMILES string of the molecule is COC(=O)CC1C=CC=N1. The molecule has 3 nitrogen and oxygen atoms in total. The third-order valence-corrected chi connectivity index (χ3v) is 1.30. The third kappa shape index (κ3) is 1.69. The molecule has 3 heteroatoms. The van der Waals surface area contributed by atoms with Crippen LogP contribution < -0.4 is 0 Å². The van der Waals surface area contributed by atoms with Crippen LogP contribution in [0.4, 0.5) is 0 Å². The molecule has 1 unspecified atom stereocenters. The van der Waals surface area contributed by atoms with E-state index in [0.717, 1.165) is 0 Å². The second-order valence-corrected chi connectivity index (χ2v) is 2.03. The summed E-state index contributed by atoms with van der Waals surface area (Å²) >= 11 is 0. The number of methoxy groups -OCH3 is 1. The summed E-state index contributed by atoms with van der Waals surface area (Å²) < 4.78 is 4.47. The van der Waals surface area contributed by atoms with Crippen molar-refractivity contribution in [1.82, 2.24) is 0 Å². The van der Waals surface area contributed by atoms with Crippen LogP contribution >= 0.6 is 0 Å². The fraction of sp³-hybridized carbons (Fsp3) is 0.429. The van der Waals surface area contributed by atoms with Gasteiger partial charge in [0.15, 0.2) is 0 Å². The molecule has 0 amide bonds. The topological polar surface area (TPSA) is 38.7 Å². The lowest BCUT2D eigenvalue weighted by Crippen LogP contribution is -2.08. The standard InChI is InChI=1S/C7H9NO2/c1-10-7(9)5-6-3-2-4-8-6/h2-4,6H,5H2,1H3. The maximum absolute atomic E-state index is 10.6. The molecule has 1 aliphatic heterocycles. The van der Waals surface area contributed by atoms with Crippen LogP contribution in [0, 0.1) is 0 Å². The third-order valence-electron chi connectivity index (χ3n) is 1.30. The van der Waals surface area contributed by atoms with Gasteiger partial charge >= 0.3 is 5.97 Å². The second kappa shape index (κ2) is 3.15. The molecule has 0 bridgehead atoms. The van der Waals surface area contributed by atoms with Crippen molar-refractivity contribution >= 4 is 12.2 Å². The number of hydrogen-bond donors (Lipinski definition) is 0. The van der Waals surface area contributed by atoms with Gasteiger partial charge < -0.3 is 4.74 Å². The Balaban J connectivity index is 2.32. The molecule has 1 heterocycles. The molecule has 0 aromatic heterocycles. The summed E-state index contributed by atoms with van der Waals surface area (Å²) in [5.74, 6) is -0.214. The van der Waals surface area contributed by atoms with Crippen LogP contribution in [0.2, 0.25) is 0 Å². The molecule has 0 aromatic carbocycles. The van der Waals surface area contributed by atoms with E-state index in [-0.39, 0.29) is 12.0 Å². The van der Waals surface area contributed by atoms with Gasteiger partial charge in [-0.25, -0.2) is 0 Å². The smallest absolute Gasteiger partial charge is 0.308 e.